The highest BCUT2D eigenvalue weighted by molar-refractivity contribution is 7.93. The van der Waals surface area contributed by atoms with E-state index in [1.165, 1.54) is 4.31 Å². The first kappa shape index (κ1) is 15.8. The summed E-state index contributed by atoms with van der Waals surface area (Å²) in [6, 6.07) is 7.80. The van der Waals surface area contributed by atoms with E-state index < -0.39 is 15.6 Å². The highest BCUT2D eigenvalue weighted by atomic mass is 32.2. The molecule has 0 aromatic heterocycles. The van der Waals surface area contributed by atoms with E-state index >= 15 is 0 Å². The van der Waals surface area contributed by atoms with E-state index in [0.717, 1.165) is 30.5 Å². The lowest BCUT2D eigenvalue weighted by atomic mass is 9.80. The number of aliphatic hydroxyl groups is 1. The molecule has 1 atom stereocenters. The third-order valence-electron chi connectivity index (χ3n) is 4.80. The van der Waals surface area contributed by atoms with Crippen LogP contribution in [0.25, 0.3) is 0 Å². The van der Waals surface area contributed by atoms with Gasteiger partial charge in [-0.25, -0.2) is 8.42 Å². The Morgan fingerprint density at radius 1 is 1.27 bits per heavy atom. The molecule has 0 amide bonds. The molecule has 1 aromatic rings. The first-order valence-corrected chi connectivity index (χ1v) is 9.57. The Labute approximate surface area is 132 Å². The van der Waals surface area contributed by atoms with Gasteiger partial charge in [-0.1, -0.05) is 12.1 Å². The zero-order chi connectivity index (χ0) is 15.8. The SMILES string of the molecule is CC(NCC1(O)CCC1)c1ccc(N2CCCS2(=O)=O)cc1. The van der Waals surface area contributed by atoms with Crippen LogP contribution < -0.4 is 9.62 Å². The van der Waals surface area contributed by atoms with Gasteiger partial charge in [0.15, 0.2) is 0 Å². The molecule has 2 fully saturated rings. The first-order chi connectivity index (χ1) is 10.4. The summed E-state index contributed by atoms with van der Waals surface area (Å²) in [5.74, 6) is 0.241. The molecule has 1 aliphatic heterocycles. The van der Waals surface area contributed by atoms with Crippen molar-refractivity contribution >= 4 is 15.7 Å². The van der Waals surface area contributed by atoms with Gasteiger partial charge in [-0.2, -0.15) is 0 Å². The summed E-state index contributed by atoms with van der Waals surface area (Å²) in [6.45, 7) is 3.24. The van der Waals surface area contributed by atoms with Gasteiger partial charge < -0.3 is 10.4 Å². The second-order valence-electron chi connectivity index (χ2n) is 6.51. The number of hydrogen-bond donors (Lipinski definition) is 2. The number of nitrogens with one attached hydrogen (secondary N) is 1. The van der Waals surface area contributed by atoms with Crippen LogP contribution in [0.15, 0.2) is 24.3 Å². The Hall–Kier alpha value is -1.11. The van der Waals surface area contributed by atoms with Gasteiger partial charge in [-0.15, -0.1) is 0 Å². The van der Waals surface area contributed by atoms with E-state index in [-0.39, 0.29) is 11.8 Å². The molecule has 2 N–H and O–H groups in total. The minimum absolute atomic E-state index is 0.133. The van der Waals surface area contributed by atoms with Gasteiger partial charge in [0.2, 0.25) is 10.0 Å². The van der Waals surface area contributed by atoms with Gasteiger partial charge in [0.1, 0.15) is 0 Å². The zero-order valence-corrected chi connectivity index (χ0v) is 13.8. The van der Waals surface area contributed by atoms with E-state index in [9.17, 15) is 13.5 Å². The molecule has 5 nitrogen and oxygen atoms in total. The summed E-state index contributed by atoms with van der Waals surface area (Å²) in [7, 11) is -3.11. The van der Waals surface area contributed by atoms with Crippen LogP contribution >= 0.6 is 0 Å². The first-order valence-electron chi connectivity index (χ1n) is 7.96. The van der Waals surface area contributed by atoms with Crippen molar-refractivity contribution in [2.45, 2.75) is 44.2 Å². The average Bonchev–Trinajstić information content (AvgIpc) is 2.82. The zero-order valence-electron chi connectivity index (χ0n) is 13.0. The number of benzene rings is 1. The quantitative estimate of drug-likeness (QED) is 0.866. The number of anilines is 1. The minimum Gasteiger partial charge on any atom is -0.389 e. The molecule has 1 saturated carbocycles. The van der Waals surface area contributed by atoms with Gasteiger partial charge in [0.05, 0.1) is 17.0 Å². The van der Waals surface area contributed by atoms with Crippen molar-refractivity contribution in [1.82, 2.24) is 5.32 Å². The van der Waals surface area contributed by atoms with Crippen LogP contribution in [-0.2, 0) is 10.0 Å². The highest BCUT2D eigenvalue weighted by Gasteiger charge is 2.34. The summed E-state index contributed by atoms with van der Waals surface area (Å²) in [5, 5.41) is 13.5. The third kappa shape index (κ3) is 3.14. The van der Waals surface area contributed by atoms with Gasteiger partial charge in [0.25, 0.3) is 0 Å². The van der Waals surface area contributed by atoms with E-state index in [1.54, 1.807) is 0 Å². The number of sulfonamides is 1. The molecule has 1 saturated heterocycles. The standard InChI is InChI=1S/C16H24N2O3S/c1-13(17-12-16(19)8-2-9-16)14-4-6-15(7-5-14)18-10-3-11-22(18,20)21/h4-7,13,17,19H,2-3,8-12H2,1H3. The molecule has 1 heterocycles. The fourth-order valence-corrected chi connectivity index (χ4v) is 4.65. The van der Waals surface area contributed by atoms with E-state index in [1.807, 2.05) is 24.3 Å². The predicted molar refractivity (Wildman–Crippen MR) is 87.4 cm³/mol. The van der Waals surface area contributed by atoms with Crippen molar-refractivity contribution in [2.75, 3.05) is 23.1 Å². The van der Waals surface area contributed by atoms with Crippen molar-refractivity contribution < 1.29 is 13.5 Å². The fraction of sp³-hybridized carbons (Fsp3) is 0.625. The maximum absolute atomic E-state index is 11.9. The Bertz CT molecular complexity index is 623. The van der Waals surface area contributed by atoms with Crippen molar-refractivity contribution in [2.24, 2.45) is 0 Å². The maximum atomic E-state index is 11.9. The second-order valence-corrected chi connectivity index (χ2v) is 8.53. The van der Waals surface area contributed by atoms with Crippen molar-refractivity contribution in [3.8, 4) is 0 Å². The lowest BCUT2D eigenvalue weighted by Gasteiger charge is -2.37. The Morgan fingerprint density at radius 3 is 2.45 bits per heavy atom. The molecule has 22 heavy (non-hydrogen) atoms. The molecule has 0 bridgehead atoms. The predicted octanol–water partition coefficient (Wildman–Crippen LogP) is 1.79. The summed E-state index contributed by atoms with van der Waals surface area (Å²) >= 11 is 0. The second kappa shape index (κ2) is 5.83. The number of rotatable bonds is 5. The maximum Gasteiger partial charge on any atom is 0.235 e. The molecule has 0 radical (unpaired) electrons. The lowest BCUT2D eigenvalue weighted by molar-refractivity contribution is -0.0329. The minimum atomic E-state index is -3.11. The monoisotopic (exact) mass is 324 g/mol. The summed E-state index contributed by atoms with van der Waals surface area (Å²) in [5.41, 5.74) is 1.31. The Kier molecular flexibility index (Phi) is 4.18. The summed E-state index contributed by atoms with van der Waals surface area (Å²) in [4.78, 5) is 0. The van der Waals surface area contributed by atoms with Gasteiger partial charge >= 0.3 is 0 Å². The largest absolute Gasteiger partial charge is 0.389 e. The molecular formula is C16H24N2O3S. The number of hydrogen-bond acceptors (Lipinski definition) is 4. The molecule has 3 rings (SSSR count). The molecule has 122 valence electrons. The van der Waals surface area contributed by atoms with Crippen LogP contribution in [0.3, 0.4) is 0 Å². The fourth-order valence-electron chi connectivity index (χ4n) is 3.08. The summed E-state index contributed by atoms with van der Waals surface area (Å²) < 4.78 is 25.3. The Balaban J connectivity index is 1.63. The smallest absolute Gasteiger partial charge is 0.235 e. The Morgan fingerprint density at radius 2 is 1.95 bits per heavy atom. The number of nitrogens with zero attached hydrogens (tertiary/aromatic N) is 1. The molecule has 1 aliphatic carbocycles. The topological polar surface area (TPSA) is 69.6 Å². The van der Waals surface area contributed by atoms with E-state index in [4.69, 9.17) is 0 Å². The van der Waals surface area contributed by atoms with Crippen LogP contribution in [0, 0.1) is 0 Å². The molecule has 1 unspecified atom stereocenters. The highest BCUT2D eigenvalue weighted by Crippen LogP contribution is 2.31. The average molecular weight is 324 g/mol. The van der Waals surface area contributed by atoms with Crippen molar-refractivity contribution in [1.29, 1.82) is 0 Å². The van der Waals surface area contributed by atoms with Gasteiger partial charge in [-0.05, 0) is 50.3 Å². The summed E-state index contributed by atoms with van der Waals surface area (Å²) in [6.07, 6.45) is 3.54. The van der Waals surface area contributed by atoms with Crippen LogP contribution in [0.1, 0.15) is 44.2 Å². The lowest BCUT2D eigenvalue weighted by Crippen LogP contribution is -2.46. The van der Waals surface area contributed by atoms with Crippen LogP contribution in [-0.4, -0.2) is 38.0 Å². The van der Waals surface area contributed by atoms with Crippen molar-refractivity contribution in [3.05, 3.63) is 29.8 Å². The molecule has 6 heteroatoms. The normalized spacial score (nSPS) is 24.0. The molecule has 2 aliphatic rings. The molecule has 0 spiro atoms. The van der Waals surface area contributed by atoms with Crippen molar-refractivity contribution in [3.63, 3.8) is 0 Å². The third-order valence-corrected chi connectivity index (χ3v) is 6.67. The van der Waals surface area contributed by atoms with E-state index in [2.05, 4.69) is 12.2 Å². The van der Waals surface area contributed by atoms with Gasteiger partial charge in [-0.3, -0.25) is 4.31 Å². The van der Waals surface area contributed by atoms with Crippen LogP contribution in [0.4, 0.5) is 5.69 Å². The van der Waals surface area contributed by atoms with Crippen LogP contribution in [0.2, 0.25) is 0 Å². The molecular weight excluding hydrogens is 300 g/mol. The van der Waals surface area contributed by atoms with E-state index in [0.29, 0.717) is 19.5 Å². The van der Waals surface area contributed by atoms with Gasteiger partial charge in [0, 0.05) is 19.1 Å². The molecule has 1 aromatic carbocycles. The van der Waals surface area contributed by atoms with Crippen LogP contribution in [0.5, 0.6) is 0 Å².